The lowest BCUT2D eigenvalue weighted by Gasteiger charge is -2.22. The van der Waals surface area contributed by atoms with Crippen LogP contribution in [0, 0.1) is 0 Å². The number of nitrogens with two attached hydrogens (primary N) is 1. The van der Waals surface area contributed by atoms with Crippen LogP contribution in [0.2, 0.25) is 0 Å². The van der Waals surface area contributed by atoms with Gasteiger partial charge in [0.15, 0.2) is 12.4 Å². The van der Waals surface area contributed by atoms with Crippen LogP contribution < -0.4 is 5.73 Å². The van der Waals surface area contributed by atoms with Crippen molar-refractivity contribution in [2.24, 2.45) is 5.73 Å². The minimum absolute atomic E-state index is 0.352. The number of alkyl halides is 1. The van der Waals surface area contributed by atoms with Crippen LogP contribution in [0.3, 0.4) is 0 Å². The Balaban J connectivity index is 1.70. The maximum absolute atomic E-state index is 13.0. The van der Waals surface area contributed by atoms with E-state index in [0.717, 1.165) is 27.2 Å². The highest BCUT2D eigenvalue weighted by Crippen LogP contribution is 2.20. The first-order valence-electron chi connectivity index (χ1n) is 8.61. The van der Waals surface area contributed by atoms with Crippen molar-refractivity contribution < 1.29 is 9.18 Å². The molecule has 0 fully saturated rings. The molecule has 1 amide bonds. The van der Waals surface area contributed by atoms with Crippen LogP contribution in [0.25, 0.3) is 16.8 Å². The van der Waals surface area contributed by atoms with Crippen molar-refractivity contribution >= 4 is 11.6 Å². The van der Waals surface area contributed by atoms with E-state index in [1.807, 2.05) is 49.5 Å². The quantitative estimate of drug-likeness (QED) is 0.661. The molecule has 7 heteroatoms. The highest BCUT2D eigenvalue weighted by molar-refractivity contribution is 5.82. The lowest BCUT2D eigenvalue weighted by molar-refractivity contribution is -0.134. The van der Waals surface area contributed by atoms with Crippen LogP contribution in [0.15, 0.2) is 48.9 Å². The van der Waals surface area contributed by atoms with Crippen molar-refractivity contribution in [3.8, 4) is 11.1 Å². The SMILES string of the molecule is CCCN(CF)C(=O)[C@@H](N)Cc1ccc(-c2ccc3ncnn3c2)cc1. The molecule has 2 N–H and O–H groups in total. The summed E-state index contributed by atoms with van der Waals surface area (Å²) < 4.78 is 14.7. The topological polar surface area (TPSA) is 76.5 Å². The van der Waals surface area contributed by atoms with Crippen molar-refractivity contribution in [2.45, 2.75) is 25.8 Å². The summed E-state index contributed by atoms with van der Waals surface area (Å²) in [6, 6.07) is 11.0. The molecule has 136 valence electrons. The number of halogens is 1. The van der Waals surface area contributed by atoms with Crippen LogP contribution in [0.4, 0.5) is 4.39 Å². The van der Waals surface area contributed by atoms with Gasteiger partial charge in [-0.2, -0.15) is 5.10 Å². The molecule has 26 heavy (non-hydrogen) atoms. The largest absolute Gasteiger partial charge is 0.320 e. The average molecular weight is 355 g/mol. The van der Waals surface area contributed by atoms with E-state index >= 15 is 0 Å². The number of fused-ring (bicyclic) bond motifs is 1. The molecule has 2 heterocycles. The Labute approximate surface area is 151 Å². The molecule has 6 nitrogen and oxygen atoms in total. The Morgan fingerprint density at radius 2 is 1.96 bits per heavy atom. The Morgan fingerprint density at radius 3 is 2.65 bits per heavy atom. The first-order chi connectivity index (χ1) is 12.6. The lowest BCUT2D eigenvalue weighted by atomic mass is 10.0. The smallest absolute Gasteiger partial charge is 0.241 e. The van der Waals surface area contributed by atoms with E-state index in [1.165, 1.54) is 6.33 Å². The maximum atomic E-state index is 13.0. The molecule has 0 aliphatic heterocycles. The summed E-state index contributed by atoms with van der Waals surface area (Å²) in [6.45, 7) is 1.48. The van der Waals surface area contributed by atoms with Crippen LogP contribution in [-0.2, 0) is 11.2 Å². The first kappa shape index (κ1) is 18.0. The van der Waals surface area contributed by atoms with Gasteiger partial charge < -0.3 is 10.6 Å². The number of pyridine rings is 1. The normalized spacial score (nSPS) is 12.3. The summed E-state index contributed by atoms with van der Waals surface area (Å²) in [5, 5.41) is 4.14. The van der Waals surface area contributed by atoms with Gasteiger partial charge in [0.25, 0.3) is 0 Å². The minimum Gasteiger partial charge on any atom is -0.320 e. The summed E-state index contributed by atoms with van der Waals surface area (Å²) in [5.74, 6) is -0.352. The van der Waals surface area contributed by atoms with Gasteiger partial charge in [0, 0.05) is 18.3 Å². The Hall–Kier alpha value is -2.80. The predicted molar refractivity (Wildman–Crippen MR) is 98.1 cm³/mol. The Morgan fingerprint density at radius 1 is 1.23 bits per heavy atom. The number of hydrogen-bond donors (Lipinski definition) is 1. The predicted octanol–water partition coefficient (Wildman–Crippen LogP) is 2.43. The van der Waals surface area contributed by atoms with Gasteiger partial charge in [-0.3, -0.25) is 4.79 Å². The standard InChI is InChI=1S/C19H22FN5O/c1-2-9-24(12-20)19(26)17(21)10-14-3-5-15(6-4-14)16-7-8-18-22-13-23-25(18)11-16/h3-8,11,13,17H,2,9-10,12,21H2,1H3/t17-/m0/s1. The number of carbonyl (C=O) groups is 1. The third-order valence-electron chi connectivity index (χ3n) is 4.28. The van der Waals surface area contributed by atoms with Crippen LogP contribution >= 0.6 is 0 Å². The van der Waals surface area contributed by atoms with Crippen molar-refractivity contribution in [3.05, 3.63) is 54.5 Å². The highest BCUT2D eigenvalue weighted by Gasteiger charge is 2.20. The second-order valence-electron chi connectivity index (χ2n) is 6.21. The van der Waals surface area contributed by atoms with Gasteiger partial charge in [-0.15, -0.1) is 0 Å². The van der Waals surface area contributed by atoms with Crippen molar-refractivity contribution in [1.29, 1.82) is 0 Å². The fourth-order valence-electron chi connectivity index (χ4n) is 2.90. The van der Waals surface area contributed by atoms with Crippen molar-refractivity contribution in [1.82, 2.24) is 19.5 Å². The molecule has 0 bridgehead atoms. The number of rotatable bonds is 7. The van der Waals surface area contributed by atoms with E-state index in [1.54, 1.807) is 4.52 Å². The van der Waals surface area contributed by atoms with Crippen LogP contribution in [0.1, 0.15) is 18.9 Å². The number of aromatic nitrogens is 3. The Bertz CT molecular complexity index is 877. The van der Waals surface area contributed by atoms with Gasteiger partial charge in [-0.05, 0) is 36.1 Å². The van der Waals surface area contributed by atoms with E-state index in [2.05, 4.69) is 10.1 Å². The minimum atomic E-state index is -0.802. The van der Waals surface area contributed by atoms with E-state index in [9.17, 15) is 9.18 Å². The number of amides is 1. The number of hydrogen-bond acceptors (Lipinski definition) is 4. The molecule has 2 aromatic heterocycles. The molecule has 0 spiro atoms. The Kier molecular flexibility index (Phi) is 5.58. The maximum Gasteiger partial charge on any atom is 0.241 e. The molecular weight excluding hydrogens is 333 g/mol. The van der Waals surface area contributed by atoms with E-state index in [0.29, 0.717) is 19.4 Å². The number of nitrogens with zero attached hydrogens (tertiary/aromatic N) is 4. The summed E-state index contributed by atoms with van der Waals surface area (Å²) in [7, 11) is 0. The van der Waals surface area contributed by atoms with Crippen LogP contribution in [-0.4, -0.2) is 44.8 Å². The van der Waals surface area contributed by atoms with E-state index < -0.39 is 12.8 Å². The lowest BCUT2D eigenvalue weighted by Crippen LogP contribution is -2.44. The van der Waals surface area contributed by atoms with Crippen molar-refractivity contribution in [3.63, 3.8) is 0 Å². The molecule has 3 aromatic rings. The molecule has 0 saturated heterocycles. The van der Waals surface area contributed by atoms with Gasteiger partial charge >= 0.3 is 0 Å². The zero-order chi connectivity index (χ0) is 18.5. The molecule has 1 atom stereocenters. The van der Waals surface area contributed by atoms with Gasteiger partial charge in [0.2, 0.25) is 5.91 Å². The molecule has 0 aliphatic rings. The third kappa shape index (κ3) is 3.88. The molecule has 0 saturated carbocycles. The fraction of sp³-hybridized carbons (Fsp3) is 0.316. The van der Waals surface area contributed by atoms with Gasteiger partial charge in [0.1, 0.15) is 6.33 Å². The van der Waals surface area contributed by atoms with Crippen molar-refractivity contribution in [2.75, 3.05) is 13.3 Å². The zero-order valence-electron chi connectivity index (χ0n) is 14.7. The molecular formula is C19H22FN5O. The summed E-state index contributed by atoms with van der Waals surface area (Å²) in [6.07, 6.45) is 4.50. The average Bonchev–Trinajstić information content (AvgIpc) is 3.14. The molecule has 0 aliphatic carbocycles. The molecule has 0 radical (unpaired) electrons. The fourth-order valence-corrected chi connectivity index (χ4v) is 2.90. The van der Waals surface area contributed by atoms with Gasteiger partial charge in [0.05, 0.1) is 6.04 Å². The van der Waals surface area contributed by atoms with E-state index in [-0.39, 0.29) is 5.91 Å². The van der Waals surface area contributed by atoms with Crippen LogP contribution in [0.5, 0.6) is 0 Å². The summed E-state index contributed by atoms with van der Waals surface area (Å²) >= 11 is 0. The highest BCUT2D eigenvalue weighted by atomic mass is 19.1. The molecule has 1 aromatic carbocycles. The summed E-state index contributed by atoms with van der Waals surface area (Å²) in [5.41, 5.74) is 9.75. The second-order valence-corrected chi connectivity index (χ2v) is 6.21. The van der Waals surface area contributed by atoms with Gasteiger partial charge in [-0.1, -0.05) is 31.2 Å². The zero-order valence-corrected chi connectivity index (χ0v) is 14.7. The second kappa shape index (κ2) is 8.05. The first-order valence-corrected chi connectivity index (χ1v) is 8.61. The van der Waals surface area contributed by atoms with E-state index in [4.69, 9.17) is 5.73 Å². The number of benzene rings is 1. The number of carbonyl (C=O) groups excluding carboxylic acids is 1. The molecule has 3 rings (SSSR count). The third-order valence-corrected chi connectivity index (χ3v) is 4.28. The molecule has 0 unspecified atom stereocenters. The summed E-state index contributed by atoms with van der Waals surface area (Å²) in [4.78, 5) is 17.5. The monoisotopic (exact) mass is 355 g/mol. The van der Waals surface area contributed by atoms with Gasteiger partial charge in [-0.25, -0.2) is 13.9 Å².